The second kappa shape index (κ2) is 10.8. The first kappa shape index (κ1) is 25.3. The Hall–Kier alpha value is -1.84. The summed E-state index contributed by atoms with van der Waals surface area (Å²) in [6.45, 7) is -0.453. The Kier molecular flexibility index (Phi) is 8.05. The second-order valence-electron chi connectivity index (χ2n) is 7.16. The van der Waals surface area contributed by atoms with Crippen molar-refractivity contribution in [3.8, 4) is 10.7 Å². The minimum atomic E-state index is -1.17. The molecule has 34 heavy (non-hydrogen) atoms. The van der Waals surface area contributed by atoms with E-state index in [1.54, 1.807) is 17.6 Å². The molecule has 5 atom stereocenters. The summed E-state index contributed by atoms with van der Waals surface area (Å²) in [5.74, 6) is -0.401. The van der Waals surface area contributed by atoms with Crippen LogP contribution in [0, 0.1) is 0 Å². The summed E-state index contributed by atoms with van der Waals surface area (Å²) in [7, 11) is 2.96. The van der Waals surface area contributed by atoms with E-state index in [0.29, 0.717) is 25.8 Å². The van der Waals surface area contributed by atoms with Gasteiger partial charge in [-0.3, -0.25) is 4.79 Å². The molecule has 3 unspecified atom stereocenters. The molecule has 1 aliphatic rings. The number of thiazole rings is 1. The maximum atomic E-state index is 12.3. The van der Waals surface area contributed by atoms with E-state index in [1.807, 2.05) is 0 Å². The summed E-state index contributed by atoms with van der Waals surface area (Å²) in [5, 5.41) is 34.6. The molecule has 11 nitrogen and oxygen atoms in total. The fraction of sp³-hybridized carbons (Fsp3) is 0.421. The van der Waals surface area contributed by atoms with Crippen LogP contribution in [0.3, 0.4) is 0 Å². The molecule has 0 aromatic carbocycles. The molecule has 3 aromatic rings. The number of carbonyl (C=O) groups is 1. The van der Waals surface area contributed by atoms with Crippen LogP contribution >= 0.6 is 46.3 Å². The zero-order valence-electron chi connectivity index (χ0n) is 17.8. The van der Waals surface area contributed by atoms with Gasteiger partial charge in [-0.25, -0.2) is 14.6 Å². The molecule has 1 fully saturated rings. The van der Waals surface area contributed by atoms with Crippen molar-refractivity contribution in [1.82, 2.24) is 30.3 Å². The van der Waals surface area contributed by atoms with Crippen LogP contribution in [0.1, 0.15) is 16.5 Å². The maximum Gasteiger partial charge on any atom is 0.270 e. The van der Waals surface area contributed by atoms with Gasteiger partial charge in [-0.15, -0.1) is 16.4 Å². The van der Waals surface area contributed by atoms with Crippen molar-refractivity contribution >= 4 is 52.2 Å². The quantitative estimate of drug-likeness (QED) is 0.401. The van der Waals surface area contributed by atoms with Gasteiger partial charge in [-0.1, -0.05) is 40.2 Å². The fourth-order valence-electron chi connectivity index (χ4n) is 3.53. The highest BCUT2D eigenvalue weighted by Gasteiger charge is 2.47. The van der Waals surface area contributed by atoms with E-state index in [0.717, 1.165) is 11.8 Å². The van der Waals surface area contributed by atoms with E-state index < -0.39 is 42.3 Å². The summed E-state index contributed by atoms with van der Waals surface area (Å²) >= 11 is 14.5. The van der Waals surface area contributed by atoms with Crippen molar-refractivity contribution in [1.29, 1.82) is 0 Å². The lowest BCUT2D eigenvalue weighted by molar-refractivity contribution is -0.186. The molecule has 0 saturated carbocycles. The number of aromatic nitrogens is 5. The van der Waals surface area contributed by atoms with Crippen LogP contribution in [0.25, 0.3) is 10.7 Å². The lowest BCUT2D eigenvalue weighted by atomic mass is 9.97. The number of thioether (sulfide) groups is 1. The molecule has 0 bridgehead atoms. The molecule has 182 valence electrons. The number of aliphatic hydroxyl groups is 2. The fourth-order valence-corrected chi connectivity index (χ4v) is 5.95. The first-order valence-electron chi connectivity index (χ1n) is 9.91. The van der Waals surface area contributed by atoms with Crippen molar-refractivity contribution in [3.63, 3.8) is 0 Å². The Morgan fingerprint density at radius 1 is 1.44 bits per heavy atom. The highest BCUT2D eigenvalue weighted by Crippen LogP contribution is 2.41. The molecule has 1 saturated heterocycles. The number of hydrogen-bond acceptors (Lipinski definition) is 11. The lowest BCUT2D eigenvalue weighted by Crippen LogP contribution is -2.55. The minimum Gasteiger partial charge on any atom is -0.394 e. The Morgan fingerprint density at radius 3 is 2.88 bits per heavy atom. The van der Waals surface area contributed by atoms with Gasteiger partial charge in [-0.2, -0.15) is 0 Å². The van der Waals surface area contributed by atoms with Crippen LogP contribution in [-0.4, -0.2) is 85.6 Å². The summed E-state index contributed by atoms with van der Waals surface area (Å²) < 4.78 is 13.1. The van der Waals surface area contributed by atoms with Gasteiger partial charge in [-0.05, 0) is 6.07 Å². The lowest BCUT2D eigenvalue weighted by Gasteiger charge is -2.43. The van der Waals surface area contributed by atoms with Gasteiger partial charge in [0.05, 0.1) is 17.8 Å². The van der Waals surface area contributed by atoms with Crippen LogP contribution in [0.5, 0.6) is 0 Å². The number of rotatable bonds is 7. The third-order valence-corrected chi connectivity index (χ3v) is 7.68. The molecule has 3 N–H and O–H groups in total. The van der Waals surface area contributed by atoms with Crippen molar-refractivity contribution in [3.05, 3.63) is 39.7 Å². The van der Waals surface area contributed by atoms with Gasteiger partial charge in [0.25, 0.3) is 5.91 Å². The zero-order chi connectivity index (χ0) is 24.4. The van der Waals surface area contributed by atoms with E-state index in [4.69, 9.17) is 32.7 Å². The SMILES string of the molecule is CNC(=O)c1ncc(Cl)cc1S[C@H]1OC(CO)[C@H](O)C(n2cc(-c3nc(Cl)cs3)nn2)C1OC. The molecule has 3 aromatic heterocycles. The third kappa shape index (κ3) is 5.06. The number of halogens is 2. The Morgan fingerprint density at radius 2 is 2.24 bits per heavy atom. The summed E-state index contributed by atoms with van der Waals surface area (Å²) in [4.78, 5) is 21.1. The smallest absolute Gasteiger partial charge is 0.270 e. The van der Waals surface area contributed by atoms with Crippen molar-refractivity contribution in [2.75, 3.05) is 20.8 Å². The number of pyridine rings is 1. The molecule has 4 heterocycles. The molecule has 0 radical (unpaired) electrons. The summed E-state index contributed by atoms with van der Waals surface area (Å²) in [5.41, 5.74) is -0.139. The van der Waals surface area contributed by atoms with E-state index in [-0.39, 0.29) is 5.69 Å². The van der Waals surface area contributed by atoms with Crippen LogP contribution in [0.4, 0.5) is 0 Å². The predicted octanol–water partition coefficient (Wildman–Crippen LogP) is 1.89. The molecule has 1 aliphatic heterocycles. The maximum absolute atomic E-state index is 12.3. The molecule has 1 amide bonds. The number of amides is 1. The molecule has 15 heteroatoms. The average Bonchev–Trinajstić information content (AvgIpc) is 3.48. The Bertz CT molecular complexity index is 1160. The largest absolute Gasteiger partial charge is 0.394 e. The number of nitrogens with zero attached hydrogens (tertiary/aromatic N) is 5. The Balaban J connectivity index is 1.68. The van der Waals surface area contributed by atoms with Gasteiger partial charge in [0.2, 0.25) is 0 Å². The number of carbonyl (C=O) groups excluding carboxylic acids is 1. The number of ether oxygens (including phenoxy) is 2. The van der Waals surface area contributed by atoms with Gasteiger partial charge in [0, 0.05) is 30.6 Å². The third-order valence-electron chi connectivity index (χ3n) is 5.11. The predicted molar refractivity (Wildman–Crippen MR) is 126 cm³/mol. The van der Waals surface area contributed by atoms with Crippen LogP contribution in [0.15, 0.2) is 28.7 Å². The molecule has 4 rings (SSSR count). The van der Waals surface area contributed by atoms with Crippen molar-refractivity contribution in [2.24, 2.45) is 0 Å². The second-order valence-corrected chi connectivity index (χ2v) is 9.99. The van der Waals surface area contributed by atoms with E-state index >= 15 is 0 Å². The van der Waals surface area contributed by atoms with Crippen LogP contribution in [0.2, 0.25) is 10.2 Å². The molecule has 0 spiro atoms. The first-order valence-corrected chi connectivity index (χ1v) is 12.4. The first-order chi connectivity index (χ1) is 16.4. The molecule has 0 aliphatic carbocycles. The zero-order valence-corrected chi connectivity index (χ0v) is 21.0. The molecular formula is C19H20Cl2N6O5S2. The topological polar surface area (TPSA) is 145 Å². The molecular weight excluding hydrogens is 527 g/mol. The number of nitrogens with one attached hydrogen (secondary N) is 1. The van der Waals surface area contributed by atoms with E-state index in [9.17, 15) is 15.0 Å². The highest BCUT2D eigenvalue weighted by atomic mass is 35.5. The van der Waals surface area contributed by atoms with E-state index in [1.165, 1.54) is 36.4 Å². The van der Waals surface area contributed by atoms with Gasteiger partial charge < -0.3 is 25.0 Å². The summed E-state index contributed by atoms with van der Waals surface area (Å²) in [6, 6.07) is 0.814. The van der Waals surface area contributed by atoms with E-state index in [2.05, 4.69) is 25.6 Å². The number of aliphatic hydroxyl groups excluding tert-OH is 2. The van der Waals surface area contributed by atoms with Crippen molar-refractivity contribution in [2.45, 2.75) is 34.7 Å². The van der Waals surface area contributed by atoms with Gasteiger partial charge in [0.1, 0.15) is 51.3 Å². The number of hydrogen-bond donors (Lipinski definition) is 3. The number of methoxy groups -OCH3 is 1. The minimum absolute atomic E-state index is 0.155. The Labute approximate surface area is 212 Å². The van der Waals surface area contributed by atoms with Gasteiger partial charge >= 0.3 is 0 Å². The highest BCUT2D eigenvalue weighted by molar-refractivity contribution is 8.00. The van der Waals surface area contributed by atoms with Crippen LogP contribution in [-0.2, 0) is 9.47 Å². The van der Waals surface area contributed by atoms with Crippen molar-refractivity contribution < 1.29 is 24.5 Å². The van der Waals surface area contributed by atoms with Crippen LogP contribution < -0.4 is 5.32 Å². The standard InChI is InChI=1S/C19H20Cl2N6O5S2/c1-22-17(30)13-11(3-8(20)4-23-13)34-19-16(31-2)14(15(29)10(6-28)32-19)27-5-9(25-26-27)18-24-12(21)7-33-18/h3-5,7,10,14-16,19,28-29H,6H2,1-2H3,(H,22,30)/t10?,14?,15-,16?,19+/m0/s1. The normalized spacial score (nSPS) is 24.8. The monoisotopic (exact) mass is 546 g/mol. The van der Waals surface area contributed by atoms with Gasteiger partial charge in [0.15, 0.2) is 0 Å². The summed E-state index contributed by atoms with van der Waals surface area (Å²) in [6.07, 6.45) is 0.113. The average molecular weight is 547 g/mol.